The molecule has 25 heavy (non-hydrogen) atoms. The molecule has 7 heteroatoms. The Kier molecular flexibility index (Phi) is 7.59. The topological polar surface area (TPSA) is 39.0 Å². The fourth-order valence-electron chi connectivity index (χ4n) is 3.31. The van der Waals surface area contributed by atoms with Gasteiger partial charge in [0.05, 0.1) is 11.6 Å². The van der Waals surface area contributed by atoms with E-state index in [0.29, 0.717) is 6.04 Å². The molecule has 1 aromatic rings. The van der Waals surface area contributed by atoms with Crippen molar-refractivity contribution in [1.29, 1.82) is 0 Å². The van der Waals surface area contributed by atoms with Gasteiger partial charge in [-0.1, -0.05) is 18.5 Å². The first-order valence-electron chi connectivity index (χ1n) is 9.13. The van der Waals surface area contributed by atoms with Crippen LogP contribution < -0.4 is 5.32 Å². The minimum atomic E-state index is 0.494. The van der Waals surface area contributed by atoms with Crippen molar-refractivity contribution in [3.05, 3.63) is 23.0 Å². The van der Waals surface area contributed by atoms with Crippen LogP contribution in [0.4, 0.5) is 0 Å². The number of hydrogen-bond acceptors (Lipinski definition) is 3. The number of rotatable bonds is 6. The van der Waals surface area contributed by atoms with Gasteiger partial charge in [-0.05, 0) is 19.5 Å². The largest absolute Gasteiger partial charge is 0.355 e. The summed E-state index contributed by atoms with van der Waals surface area (Å²) >= 11 is 6.08. The maximum Gasteiger partial charge on any atom is 0.193 e. The van der Waals surface area contributed by atoms with Gasteiger partial charge < -0.3 is 19.7 Å². The number of guanidine groups is 1. The molecule has 1 aromatic heterocycles. The van der Waals surface area contributed by atoms with Crippen LogP contribution in [0.25, 0.3) is 0 Å². The summed E-state index contributed by atoms with van der Waals surface area (Å²) < 4.78 is 2.06. The highest BCUT2D eigenvalue weighted by molar-refractivity contribution is 6.30. The second-order valence-corrected chi connectivity index (χ2v) is 7.30. The van der Waals surface area contributed by atoms with Crippen LogP contribution in [-0.4, -0.2) is 84.6 Å². The van der Waals surface area contributed by atoms with Gasteiger partial charge in [0, 0.05) is 71.8 Å². The summed E-state index contributed by atoms with van der Waals surface area (Å²) in [5.74, 6) is 0.913. The van der Waals surface area contributed by atoms with Crippen molar-refractivity contribution < 1.29 is 0 Å². The van der Waals surface area contributed by atoms with Gasteiger partial charge in [0.25, 0.3) is 0 Å². The van der Waals surface area contributed by atoms with Gasteiger partial charge in [-0.15, -0.1) is 0 Å². The Morgan fingerprint density at radius 1 is 1.36 bits per heavy atom. The number of nitrogens with one attached hydrogen (secondary N) is 1. The SMILES string of the molecule is CCN1CCN(C(C)CNC(=NC)N(C)Cc2cc(Cl)cn2C)CC1. The minimum Gasteiger partial charge on any atom is -0.355 e. The van der Waals surface area contributed by atoms with Crippen LogP contribution in [0.15, 0.2) is 17.3 Å². The third-order valence-electron chi connectivity index (χ3n) is 5.08. The molecular weight excluding hydrogens is 336 g/mol. The fraction of sp³-hybridized carbons (Fsp3) is 0.722. The molecule has 1 unspecified atom stereocenters. The van der Waals surface area contributed by atoms with Crippen LogP contribution >= 0.6 is 11.6 Å². The molecule has 2 rings (SSSR count). The summed E-state index contributed by atoms with van der Waals surface area (Å²) in [6.07, 6.45) is 1.93. The summed E-state index contributed by atoms with van der Waals surface area (Å²) in [5.41, 5.74) is 1.17. The zero-order chi connectivity index (χ0) is 18.4. The maximum absolute atomic E-state index is 6.08. The van der Waals surface area contributed by atoms with Crippen molar-refractivity contribution in [2.45, 2.75) is 26.4 Å². The molecule has 1 aliphatic heterocycles. The smallest absolute Gasteiger partial charge is 0.193 e. The highest BCUT2D eigenvalue weighted by Gasteiger charge is 2.20. The van der Waals surface area contributed by atoms with Crippen LogP contribution in [-0.2, 0) is 13.6 Å². The van der Waals surface area contributed by atoms with E-state index in [4.69, 9.17) is 11.6 Å². The third-order valence-corrected chi connectivity index (χ3v) is 5.29. The van der Waals surface area contributed by atoms with E-state index in [0.717, 1.165) is 43.7 Å². The molecule has 0 aromatic carbocycles. The average Bonchev–Trinajstić information content (AvgIpc) is 2.92. The Labute approximate surface area is 157 Å². The highest BCUT2D eigenvalue weighted by atomic mass is 35.5. The van der Waals surface area contributed by atoms with E-state index in [9.17, 15) is 0 Å². The first-order valence-corrected chi connectivity index (χ1v) is 9.51. The lowest BCUT2D eigenvalue weighted by Crippen LogP contribution is -2.53. The van der Waals surface area contributed by atoms with E-state index in [-0.39, 0.29) is 0 Å². The molecule has 0 spiro atoms. The van der Waals surface area contributed by atoms with E-state index in [1.807, 2.05) is 26.4 Å². The van der Waals surface area contributed by atoms with Gasteiger partial charge in [-0.2, -0.15) is 0 Å². The van der Waals surface area contributed by atoms with Crippen molar-refractivity contribution in [2.24, 2.45) is 12.0 Å². The molecule has 0 saturated carbocycles. The molecule has 0 amide bonds. The molecule has 6 nitrogen and oxygen atoms in total. The number of aryl methyl sites for hydroxylation is 1. The predicted octanol–water partition coefficient (Wildman–Crippen LogP) is 1.71. The van der Waals surface area contributed by atoms with Crippen molar-refractivity contribution in [2.75, 3.05) is 53.4 Å². The Balaban J connectivity index is 1.82. The molecule has 1 aliphatic rings. The lowest BCUT2D eigenvalue weighted by Gasteiger charge is -2.38. The van der Waals surface area contributed by atoms with Crippen molar-refractivity contribution in [1.82, 2.24) is 24.6 Å². The fourth-order valence-corrected chi connectivity index (χ4v) is 3.59. The lowest BCUT2D eigenvalue weighted by molar-refractivity contribution is 0.107. The van der Waals surface area contributed by atoms with Crippen LogP contribution in [0.5, 0.6) is 0 Å². The third kappa shape index (κ3) is 5.62. The van der Waals surface area contributed by atoms with Crippen molar-refractivity contribution in [3.63, 3.8) is 0 Å². The number of aromatic nitrogens is 1. The summed E-state index contributed by atoms with van der Waals surface area (Å²) in [4.78, 5) is 11.6. The zero-order valence-electron chi connectivity index (χ0n) is 16.3. The van der Waals surface area contributed by atoms with E-state index in [1.54, 1.807) is 0 Å². The Morgan fingerprint density at radius 2 is 2.04 bits per heavy atom. The number of halogens is 1. The van der Waals surface area contributed by atoms with Gasteiger partial charge in [-0.3, -0.25) is 9.89 Å². The van der Waals surface area contributed by atoms with E-state index >= 15 is 0 Å². The normalized spacial score (nSPS) is 18.4. The van der Waals surface area contributed by atoms with Crippen molar-refractivity contribution >= 4 is 17.6 Å². The summed E-state index contributed by atoms with van der Waals surface area (Å²) in [6, 6.07) is 2.50. The van der Waals surface area contributed by atoms with Gasteiger partial charge in [-0.25, -0.2) is 0 Å². The summed E-state index contributed by atoms with van der Waals surface area (Å²) in [7, 11) is 5.91. The molecule has 1 fully saturated rings. The monoisotopic (exact) mass is 368 g/mol. The van der Waals surface area contributed by atoms with Crippen LogP contribution in [0.3, 0.4) is 0 Å². The first kappa shape index (κ1) is 20.1. The molecular formula is C18H33ClN6. The second-order valence-electron chi connectivity index (χ2n) is 6.86. The predicted molar refractivity (Wildman–Crippen MR) is 106 cm³/mol. The standard InChI is InChI=1S/C18H33ClN6/c1-6-24-7-9-25(10-8-24)15(2)12-21-18(20-3)23(5)14-17-11-16(19)13-22(17)4/h11,13,15H,6-10,12,14H2,1-5H3,(H,20,21). The van der Waals surface area contributed by atoms with Gasteiger partial charge >= 0.3 is 0 Å². The molecule has 2 heterocycles. The quantitative estimate of drug-likeness (QED) is 0.613. The summed E-state index contributed by atoms with van der Waals surface area (Å²) in [6.45, 7) is 12.0. The first-order chi connectivity index (χ1) is 11.9. The molecule has 1 atom stereocenters. The number of aliphatic imine (C=N–C) groups is 1. The van der Waals surface area contributed by atoms with E-state index in [2.05, 4.69) is 50.5 Å². The van der Waals surface area contributed by atoms with Crippen LogP contribution in [0.2, 0.25) is 5.02 Å². The molecule has 0 bridgehead atoms. The Bertz CT molecular complexity index is 562. The Morgan fingerprint density at radius 3 is 2.56 bits per heavy atom. The van der Waals surface area contributed by atoms with E-state index in [1.165, 1.54) is 18.8 Å². The van der Waals surface area contributed by atoms with Gasteiger partial charge in [0.15, 0.2) is 5.96 Å². The number of hydrogen-bond donors (Lipinski definition) is 1. The molecule has 0 aliphatic carbocycles. The maximum atomic E-state index is 6.08. The van der Waals surface area contributed by atoms with Gasteiger partial charge in [0.1, 0.15) is 0 Å². The number of nitrogens with zero attached hydrogens (tertiary/aromatic N) is 5. The van der Waals surface area contributed by atoms with Gasteiger partial charge in [0.2, 0.25) is 0 Å². The number of piperazine rings is 1. The van der Waals surface area contributed by atoms with Crippen molar-refractivity contribution in [3.8, 4) is 0 Å². The zero-order valence-corrected chi connectivity index (χ0v) is 17.1. The lowest BCUT2D eigenvalue weighted by atomic mass is 10.2. The molecule has 1 saturated heterocycles. The molecule has 1 N–H and O–H groups in total. The van der Waals surface area contributed by atoms with Crippen LogP contribution in [0, 0.1) is 0 Å². The van der Waals surface area contributed by atoms with E-state index < -0.39 is 0 Å². The second kappa shape index (κ2) is 9.46. The minimum absolute atomic E-state index is 0.494. The number of likely N-dealkylation sites (N-methyl/N-ethyl adjacent to an activating group) is 1. The molecule has 0 radical (unpaired) electrons. The average molecular weight is 369 g/mol. The molecule has 142 valence electrons. The summed E-state index contributed by atoms with van der Waals surface area (Å²) in [5, 5.41) is 4.29. The van der Waals surface area contributed by atoms with Crippen LogP contribution in [0.1, 0.15) is 19.5 Å². The highest BCUT2D eigenvalue weighted by Crippen LogP contribution is 2.14. The Hall–Kier alpha value is -1.24.